The summed E-state index contributed by atoms with van der Waals surface area (Å²) < 4.78 is 0. The quantitative estimate of drug-likeness (QED) is 0.746. The number of aryl methyl sites for hydroxylation is 1. The van der Waals surface area contributed by atoms with E-state index < -0.39 is 12.0 Å². The van der Waals surface area contributed by atoms with Crippen LogP contribution in [0.2, 0.25) is 0 Å². The Balaban J connectivity index is 2.14. The van der Waals surface area contributed by atoms with E-state index in [4.69, 9.17) is 0 Å². The van der Waals surface area contributed by atoms with E-state index in [0.29, 0.717) is 0 Å². The molecule has 2 N–H and O–H groups in total. The Bertz CT molecular complexity index is 548. The summed E-state index contributed by atoms with van der Waals surface area (Å²) in [7, 11) is 0. The number of carboxylic acid groups (broad SMARTS) is 1. The third-order valence-corrected chi connectivity index (χ3v) is 4.33. The molecule has 0 saturated carbocycles. The fourth-order valence-corrected chi connectivity index (χ4v) is 3.16. The van der Waals surface area contributed by atoms with Gasteiger partial charge in [0.15, 0.2) is 0 Å². The Labute approximate surface area is 107 Å². The van der Waals surface area contributed by atoms with Crippen LogP contribution >= 0.6 is 0 Å². The third kappa shape index (κ3) is 1.47. The van der Waals surface area contributed by atoms with Gasteiger partial charge in [-0.3, -0.25) is 0 Å². The number of fused-ring (bicyclic) bond motifs is 3. The van der Waals surface area contributed by atoms with Gasteiger partial charge < -0.3 is 10.4 Å². The second-order valence-corrected chi connectivity index (χ2v) is 5.29. The van der Waals surface area contributed by atoms with Crippen molar-refractivity contribution in [3.8, 4) is 0 Å². The SMILES string of the molecule is Cc1ccc2c(c1C)N[C@H](C(=O)O)[C@H]1CC=C[C@@H]21. The largest absolute Gasteiger partial charge is 0.480 e. The molecule has 1 heterocycles. The van der Waals surface area contributed by atoms with E-state index in [2.05, 4.69) is 43.4 Å². The second kappa shape index (κ2) is 3.87. The highest BCUT2D eigenvalue weighted by Crippen LogP contribution is 2.46. The van der Waals surface area contributed by atoms with E-state index in [1.54, 1.807) is 0 Å². The lowest BCUT2D eigenvalue weighted by molar-refractivity contribution is -0.139. The van der Waals surface area contributed by atoms with Crippen molar-refractivity contribution < 1.29 is 9.90 Å². The minimum atomic E-state index is -0.750. The maximum absolute atomic E-state index is 11.4. The molecule has 3 heteroatoms. The van der Waals surface area contributed by atoms with Gasteiger partial charge in [-0.25, -0.2) is 4.79 Å². The van der Waals surface area contributed by atoms with Gasteiger partial charge >= 0.3 is 5.97 Å². The van der Waals surface area contributed by atoms with Crippen LogP contribution in [0.4, 0.5) is 5.69 Å². The number of allylic oxidation sites excluding steroid dienone is 2. The summed E-state index contributed by atoms with van der Waals surface area (Å²) in [5.41, 5.74) is 4.63. The van der Waals surface area contributed by atoms with Crippen molar-refractivity contribution in [2.45, 2.75) is 32.2 Å². The summed E-state index contributed by atoms with van der Waals surface area (Å²) >= 11 is 0. The van der Waals surface area contributed by atoms with Crippen LogP contribution in [0.3, 0.4) is 0 Å². The highest BCUT2D eigenvalue weighted by molar-refractivity contribution is 5.81. The van der Waals surface area contributed by atoms with Gasteiger partial charge in [-0.15, -0.1) is 0 Å². The van der Waals surface area contributed by atoms with Crippen LogP contribution in [0.15, 0.2) is 24.3 Å². The van der Waals surface area contributed by atoms with Crippen molar-refractivity contribution >= 4 is 11.7 Å². The Hall–Kier alpha value is -1.77. The van der Waals surface area contributed by atoms with Gasteiger partial charge in [-0.1, -0.05) is 24.3 Å². The van der Waals surface area contributed by atoms with Crippen LogP contribution in [-0.2, 0) is 4.79 Å². The predicted molar refractivity (Wildman–Crippen MR) is 71.0 cm³/mol. The topological polar surface area (TPSA) is 49.3 Å². The van der Waals surface area contributed by atoms with Crippen LogP contribution in [0, 0.1) is 19.8 Å². The predicted octanol–water partition coefficient (Wildman–Crippen LogP) is 2.84. The Morgan fingerprint density at radius 1 is 1.39 bits per heavy atom. The fraction of sp³-hybridized carbons (Fsp3) is 0.400. The number of carbonyl (C=O) groups is 1. The lowest BCUT2D eigenvalue weighted by Crippen LogP contribution is -2.42. The zero-order valence-corrected chi connectivity index (χ0v) is 10.6. The molecule has 3 rings (SSSR count). The molecule has 2 aliphatic rings. The molecule has 0 fully saturated rings. The Morgan fingerprint density at radius 2 is 2.17 bits per heavy atom. The van der Waals surface area contributed by atoms with Gasteiger partial charge in [0.2, 0.25) is 0 Å². The van der Waals surface area contributed by atoms with E-state index in [9.17, 15) is 9.90 Å². The molecule has 0 bridgehead atoms. The van der Waals surface area contributed by atoms with Crippen molar-refractivity contribution in [3.05, 3.63) is 41.0 Å². The first-order valence-corrected chi connectivity index (χ1v) is 6.35. The summed E-state index contributed by atoms with van der Waals surface area (Å²) in [5, 5.41) is 12.6. The molecular weight excluding hydrogens is 226 g/mol. The highest BCUT2D eigenvalue weighted by atomic mass is 16.4. The number of hydrogen-bond acceptors (Lipinski definition) is 2. The summed E-state index contributed by atoms with van der Waals surface area (Å²) in [6.45, 7) is 4.11. The third-order valence-electron chi connectivity index (χ3n) is 4.33. The molecule has 0 spiro atoms. The average molecular weight is 243 g/mol. The van der Waals surface area contributed by atoms with E-state index in [0.717, 1.165) is 17.7 Å². The minimum absolute atomic E-state index is 0.150. The van der Waals surface area contributed by atoms with Gasteiger partial charge in [0.25, 0.3) is 0 Å². The summed E-state index contributed by atoms with van der Waals surface area (Å²) in [6, 6.07) is 3.79. The van der Waals surface area contributed by atoms with Crippen LogP contribution in [0.25, 0.3) is 0 Å². The Kier molecular flexibility index (Phi) is 2.44. The van der Waals surface area contributed by atoms with Gasteiger partial charge in [0.05, 0.1) is 0 Å². The average Bonchev–Trinajstić information content (AvgIpc) is 2.81. The molecule has 1 aromatic carbocycles. The molecular formula is C15H17NO2. The van der Waals surface area contributed by atoms with Crippen molar-refractivity contribution in [2.24, 2.45) is 5.92 Å². The van der Waals surface area contributed by atoms with Gasteiger partial charge in [-0.05, 0) is 37.0 Å². The van der Waals surface area contributed by atoms with E-state index in [1.807, 2.05) is 0 Å². The number of hydrogen-bond donors (Lipinski definition) is 2. The van der Waals surface area contributed by atoms with Crippen LogP contribution in [0.5, 0.6) is 0 Å². The monoisotopic (exact) mass is 243 g/mol. The minimum Gasteiger partial charge on any atom is -0.480 e. The van der Waals surface area contributed by atoms with Gasteiger partial charge in [0.1, 0.15) is 6.04 Å². The number of anilines is 1. The first-order chi connectivity index (χ1) is 8.59. The molecule has 0 unspecified atom stereocenters. The Morgan fingerprint density at radius 3 is 2.89 bits per heavy atom. The van der Waals surface area contributed by atoms with Crippen molar-refractivity contribution in [2.75, 3.05) is 5.32 Å². The van der Waals surface area contributed by atoms with Crippen LogP contribution in [-0.4, -0.2) is 17.1 Å². The van der Waals surface area contributed by atoms with Crippen molar-refractivity contribution in [3.63, 3.8) is 0 Å². The van der Waals surface area contributed by atoms with Crippen LogP contribution in [0.1, 0.15) is 29.0 Å². The summed E-state index contributed by atoms with van der Waals surface area (Å²) in [5.74, 6) is -0.348. The first kappa shape index (κ1) is 11.3. The van der Waals surface area contributed by atoms with E-state index in [-0.39, 0.29) is 11.8 Å². The molecule has 0 saturated heterocycles. The summed E-state index contributed by atoms with van der Waals surface area (Å²) in [6.07, 6.45) is 5.12. The number of carboxylic acids is 1. The second-order valence-electron chi connectivity index (χ2n) is 5.29. The fourth-order valence-electron chi connectivity index (χ4n) is 3.16. The molecule has 18 heavy (non-hydrogen) atoms. The molecule has 0 amide bonds. The number of aliphatic carboxylic acids is 1. The number of benzene rings is 1. The van der Waals surface area contributed by atoms with E-state index >= 15 is 0 Å². The van der Waals surface area contributed by atoms with Gasteiger partial charge in [-0.2, -0.15) is 0 Å². The molecule has 0 radical (unpaired) electrons. The van der Waals surface area contributed by atoms with Crippen molar-refractivity contribution in [1.82, 2.24) is 0 Å². The normalized spacial score (nSPS) is 28.4. The van der Waals surface area contributed by atoms with Gasteiger partial charge in [0, 0.05) is 17.5 Å². The smallest absolute Gasteiger partial charge is 0.326 e. The maximum Gasteiger partial charge on any atom is 0.326 e. The zero-order valence-electron chi connectivity index (χ0n) is 10.6. The number of rotatable bonds is 1. The zero-order chi connectivity index (χ0) is 12.9. The number of nitrogens with one attached hydrogen (secondary N) is 1. The highest BCUT2D eigenvalue weighted by Gasteiger charge is 2.41. The molecule has 1 aliphatic carbocycles. The molecule has 94 valence electrons. The lowest BCUT2D eigenvalue weighted by Gasteiger charge is -2.36. The molecule has 1 aliphatic heterocycles. The summed E-state index contributed by atoms with van der Waals surface area (Å²) in [4.78, 5) is 11.4. The lowest BCUT2D eigenvalue weighted by atomic mass is 9.78. The standard InChI is InChI=1S/C15H17NO2/c1-8-6-7-12-10-4-3-5-11(10)14(15(17)18)16-13(12)9(8)2/h3-4,6-7,10-11,14,16H,5H2,1-2H3,(H,17,18)/t10-,11+,14+/m1/s1. The molecule has 1 aromatic rings. The van der Waals surface area contributed by atoms with Crippen LogP contribution < -0.4 is 5.32 Å². The molecule has 3 nitrogen and oxygen atoms in total. The molecule has 3 atom stereocenters. The molecule has 0 aromatic heterocycles. The maximum atomic E-state index is 11.4. The van der Waals surface area contributed by atoms with Crippen molar-refractivity contribution in [1.29, 1.82) is 0 Å². The first-order valence-electron chi connectivity index (χ1n) is 6.35. The van der Waals surface area contributed by atoms with E-state index in [1.165, 1.54) is 11.1 Å².